The van der Waals surface area contributed by atoms with Crippen LogP contribution in [0, 0.1) is 0 Å². The first-order chi connectivity index (χ1) is 9.11. The molecular formula is C14H24N4O. The predicted molar refractivity (Wildman–Crippen MR) is 75.4 cm³/mol. The van der Waals surface area contributed by atoms with Crippen LogP contribution in [-0.2, 0) is 6.54 Å². The first-order valence-corrected chi connectivity index (χ1v) is 7.05. The van der Waals surface area contributed by atoms with Crippen LogP contribution in [0.2, 0.25) is 0 Å². The number of carbonyl (C=O) groups excluding carboxylic acids is 1. The second kappa shape index (κ2) is 6.30. The lowest BCUT2D eigenvalue weighted by molar-refractivity contribution is 0.0798. The van der Waals surface area contributed by atoms with Gasteiger partial charge in [-0.05, 0) is 20.5 Å². The van der Waals surface area contributed by atoms with Gasteiger partial charge in [0.2, 0.25) is 0 Å². The Morgan fingerprint density at radius 3 is 2.95 bits per heavy atom. The van der Waals surface area contributed by atoms with Gasteiger partial charge in [-0.2, -0.15) is 0 Å². The van der Waals surface area contributed by atoms with Crippen molar-refractivity contribution in [2.45, 2.75) is 32.4 Å². The minimum atomic E-state index is 0.158. The summed E-state index contributed by atoms with van der Waals surface area (Å²) in [6, 6.07) is 0.304. The first-order valence-electron chi connectivity index (χ1n) is 7.05. The average Bonchev–Trinajstić information content (AvgIpc) is 2.82. The van der Waals surface area contributed by atoms with E-state index in [1.807, 2.05) is 10.8 Å². The molecule has 0 saturated carbocycles. The van der Waals surface area contributed by atoms with Gasteiger partial charge in [0, 0.05) is 51.0 Å². The number of aryl methyl sites for hydroxylation is 1. The summed E-state index contributed by atoms with van der Waals surface area (Å²) in [5.74, 6) is 0.772. The molecule has 1 saturated heterocycles. The maximum absolute atomic E-state index is 12.4. The molecule has 0 spiro atoms. The van der Waals surface area contributed by atoms with Crippen LogP contribution in [0.5, 0.6) is 0 Å². The van der Waals surface area contributed by atoms with Crippen molar-refractivity contribution in [3.63, 3.8) is 0 Å². The molecule has 19 heavy (non-hydrogen) atoms. The van der Waals surface area contributed by atoms with Crippen molar-refractivity contribution < 1.29 is 4.79 Å². The number of aromatic nitrogens is 2. The molecule has 1 aliphatic rings. The van der Waals surface area contributed by atoms with E-state index in [2.05, 4.69) is 35.8 Å². The van der Waals surface area contributed by atoms with E-state index in [4.69, 9.17) is 0 Å². The molecule has 5 nitrogen and oxygen atoms in total. The van der Waals surface area contributed by atoms with Crippen LogP contribution in [0.1, 0.15) is 30.4 Å². The lowest BCUT2D eigenvalue weighted by Crippen LogP contribution is -2.50. The van der Waals surface area contributed by atoms with Gasteiger partial charge in [-0.15, -0.1) is 0 Å². The molecule has 0 aliphatic carbocycles. The van der Waals surface area contributed by atoms with E-state index in [1.54, 1.807) is 6.20 Å². The number of carbonyl (C=O) groups is 1. The van der Waals surface area contributed by atoms with Crippen molar-refractivity contribution in [3.8, 4) is 0 Å². The van der Waals surface area contributed by atoms with Gasteiger partial charge in [0.05, 0.1) is 0 Å². The minimum Gasteiger partial charge on any atom is -0.329 e. The molecular weight excluding hydrogens is 240 g/mol. The van der Waals surface area contributed by atoms with Crippen molar-refractivity contribution >= 4 is 5.78 Å². The van der Waals surface area contributed by atoms with Crippen LogP contribution in [0.15, 0.2) is 12.4 Å². The van der Waals surface area contributed by atoms with Crippen LogP contribution in [-0.4, -0.2) is 64.9 Å². The maximum atomic E-state index is 12.4. The molecule has 2 heterocycles. The van der Waals surface area contributed by atoms with Crippen molar-refractivity contribution in [2.75, 3.05) is 33.7 Å². The molecule has 0 N–H and O–H groups in total. The van der Waals surface area contributed by atoms with Gasteiger partial charge in [-0.25, -0.2) is 4.98 Å². The number of ketones is 1. The molecule has 0 bridgehead atoms. The van der Waals surface area contributed by atoms with Gasteiger partial charge in [0.15, 0.2) is 11.6 Å². The molecule has 1 fully saturated rings. The van der Waals surface area contributed by atoms with Crippen molar-refractivity contribution in [2.24, 2.45) is 0 Å². The lowest BCUT2D eigenvalue weighted by Gasteiger charge is -2.37. The third kappa shape index (κ3) is 3.42. The molecule has 5 heteroatoms. The number of imidazole rings is 1. The smallest absolute Gasteiger partial charge is 0.199 e. The fraction of sp³-hybridized carbons (Fsp3) is 0.714. The number of rotatable bonds is 5. The topological polar surface area (TPSA) is 41.4 Å². The highest BCUT2D eigenvalue weighted by Gasteiger charge is 2.26. The van der Waals surface area contributed by atoms with E-state index in [0.717, 1.165) is 32.6 Å². The summed E-state index contributed by atoms with van der Waals surface area (Å²) in [6.07, 6.45) is 5.19. The second-order valence-corrected chi connectivity index (χ2v) is 5.47. The minimum absolute atomic E-state index is 0.158. The summed E-state index contributed by atoms with van der Waals surface area (Å²) in [7, 11) is 4.21. The van der Waals surface area contributed by atoms with E-state index in [-0.39, 0.29) is 5.78 Å². The van der Waals surface area contributed by atoms with Crippen LogP contribution >= 0.6 is 0 Å². The number of hydrogen-bond acceptors (Lipinski definition) is 4. The predicted octanol–water partition coefficient (Wildman–Crippen LogP) is 1.11. The zero-order valence-corrected chi connectivity index (χ0v) is 12.2. The van der Waals surface area contributed by atoms with Crippen molar-refractivity contribution in [3.05, 3.63) is 18.2 Å². The Balaban J connectivity index is 2.01. The van der Waals surface area contributed by atoms with Crippen molar-refractivity contribution in [1.82, 2.24) is 19.4 Å². The Morgan fingerprint density at radius 1 is 1.42 bits per heavy atom. The monoisotopic (exact) mass is 264 g/mol. The number of Topliss-reactive ketones (excluding diaryl/α,β-unsaturated/α-hetero) is 1. The Kier molecular flexibility index (Phi) is 4.71. The Hall–Kier alpha value is -1.20. The molecule has 1 unspecified atom stereocenters. The van der Waals surface area contributed by atoms with Gasteiger partial charge in [-0.3, -0.25) is 4.79 Å². The van der Waals surface area contributed by atoms with Gasteiger partial charge in [-0.1, -0.05) is 6.92 Å². The fourth-order valence-corrected chi connectivity index (χ4v) is 2.61. The van der Waals surface area contributed by atoms with Gasteiger partial charge < -0.3 is 14.4 Å². The first kappa shape index (κ1) is 14.2. The molecule has 1 atom stereocenters. The Bertz CT molecular complexity index is 429. The number of piperazine rings is 1. The third-order valence-corrected chi connectivity index (χ3v) is 3.83. The summed E-state index contributed by atoms with van der Waals surface area (Å²) in [5.41, 5.74) is 0. The number of hydrogen-bond donors (Lipinski definition) is 0. The molecule has 1 aliphatic heterocycles. The van der Waals surface area contributed by atoms with E-state index >= 15 is 0 Å². The van der Waals surface area contributed by atoms with E-state index in [0.29, 0.717) is 18.3 Å². The maximum Gasteiger partial charge on any atom is 0.199 e. The van der Waals surface area contributed by atoms with Crippen LogP contribution in [0.3, 0.4) is 0 Å². The van der Waals surface area contributed by atoms with E-state index < -0.39 is 0 Å². The number of nitrogens with zero attached hydrogens (tertiary/aromatic N) is 4. The second-order valence-electron chi connectivity index (χ2n) is 5.47. The quantitative estimate of drug-likeness (QED) is 0.747. The van der Waals surface area contributed by atoms with Gasteiger partial charge in [0.25, 0.3) is 0 Å². The molecule has 0 amide bonds. The summed E-state index contributed by atoms with van der Waals surface area (Å²) < 4.78 is 1.97. The standard InChI is InChI=1S/C14H24N4O/c1-4-6-18-7-5-15-14(18)13(19)10-12-11-16(2)8-9-17(12)3/h5,7,12H,4,6,8-11H2,1-3H3. The van der Waals surface area contributed by atoms with Crippen LogP contribution in [0.4, 0.5) is 0 Å². The number of likely N-dealkylation sites (N-methyl/N-ethyl adjacent to an activating group) is 2. The molecule has 0 radical (unpaired) electrons. The highest BCUT2D eigenvalue weighted by atomic mass is 16.1. The summed E-state index contributed by atoms with van der Waals surface area (Å²) in [5, 5.41) is 0. The fourth-order valence-electron chi connectivity index (χ4n) is 2.61. The largest absolute Gasteiger partial charge is 0.329 e. The van der Waals surface area contributed by atoms with Crippen LogP contribution in [0.25, 0.3) is 0 Å². The molecule has 2 rings (SSSR count). The Morgan fingerprint density at radius 2 is 2.21 bits per heavy atom. The van der Waals surface area contributed by atoms with Crippen molar-refractivity contribution in [1.29, 1.82) is 0 Å². The molecule has 0 aromatic carbocycles. The molecule has 106 valence electrons. The summed E-state index contributed by atoms with van der Waals surface area (Å²) >= 11 is 0. The molecule has 1 aromatic heterocycles. The molecule has 1 aromatic rings. The highest BCUT2D eigenvalue weighted by molar-refractivity contribution is 5.93. The summed E-state index contributed by atoms with van der Waals surface area (Å²) in [4.78, 5) is 21.2. The Labute approximate surface area is 115 Å². The third-order valence-electron chi connectivity index (χ3n) is 3.83. The highest BCUT2D eigenvalue weighted by Crippen LogP contribution is 2.13. The van der Waals surface area contributed by atoms with Gasteiger partial charge in [0.1, 0.15) is 0 Å². The zero-order chi connectivity index (χ0) is 13.8. The van der Waals surface area contributed by atoms with Gasteiger partial charge >= 0.3 is 0 Å². The normalized spacial score (nSPS) is 21.7. The summed E-state index contributed by atoms with van der Waals surface area (Å²) in [6.45, 7) is 6.03. The van der Waals surface area contributed by atoms with E-state index in [9.17, 15) is 4.79 Å². The lowest BCUT2D eigenvalue weighted by atomic mass is 10.1. The zero-order valence-electron chi connectivity index (χ0n) is 12.2. The van der Waals surface area contributed by atoms with E-state index in [1.165, 1.54) is 0 Å². The van der Waals surface area contributed by atoms with Crippen LogP contribution < -0.4 is 0 Å². The average molecular weight is 264 g/mol. The SMILES string of the molecule is CCCn1ccnc1C(=O)CC1CN(C)CCN1C.